The zero-order chi connectivity index (χ0) is 14.8. The summed E-state index contributed by atoms with van der Waals surface area (Å²) < 4.78 is 31.7. The third-order valence-electron chi connectivity index (χ3n) is 2.99. The van der Waals surface area contributed by atoms with Gasteiger partial charge < -0.3 is 9.72 Å². The van der Waals surface area contributed by atoms with E-state index in [2.05, 4.69) is 9.97 Å². The number of hydrogen-bond donors (Lipinski definition) is 1. The summed E-state index contributed by atoms with van der Waals surface area (Å²) in [7, 11) is 0. The molecule has 0 amide bonds. The summed E-state index contributed by atoms with van der Waals surface area (Å²) in [5, 5.41) is 0. The molecule has 0 aliphatic carbocycles. The second-order valence-corrected chi connectivity index (χ2v) is 4.58. The molecule has 0 spiro atoms. The van der Waals surface area contributed by atoms with Gasteiger partial charge in [-0.15, -0.1) is 0 Å². The molecule has 2 aromatic carbocycles. The summed E-state index contributed by atoms with van der Waals surface area (Å²) in [6, 6.07) is 10.3. The van der Waals surface area contributed by atoms with Crippen molar-refractivity contribution in [3.05, 3.63) is 66.1 Å². The Balaban J connectivity index is 1.81. The highest BCUT2D eigenvalue weighted by Crippen LogP contribution is 2.27. The average molecular weight is 286 g/mol. The number of imidazole rings is 1. The lowest BCUT2D eigenvalue weighted by atomic mass is 10.1. The van der Waals surface area contributed by atoms with Crippen molar-refractivity contribution in [3.63, 3.8) is 0 Å². The number of rotatable bonds is 3. The van der Waals surface area contributed by atoms with E-state index in [1.807, 2.05) is 19.1 Å². The van der Waals surface area contributed by atoms with Gasteiger partial charge in [-0.2, -0.15) is 0 Å². The van der Waals surface area contributed by atoms with Gasteiger partial charge in [0.1, 0.15) is 17.4 Å². The van der Waals surface area contributed by atoms with Crippen molar-refractivity contribution < 1.29 is 13.5 Å². The molecule has 1 heterocycles. The highest BCUT2D eigenvalue weighted by Gasteiger charge is 2.07. The summed E-state index contributed by atoms with van der Waals surface area (Å²) in [5.41, 5.74) is 1.84. The van der Waals surface area contributed by atoms with Crippen LogP contribution in [0.3, 0.4) is 0 Å². The van der Waals surface area contributed by atoms with E-state index in [1.54, 1.807) is 18.3 Å². The first-order valence-electron chi connectivity index (χ1n) is 6.37. The minimum absolute atomic E-state index is 0.0125. The van der Waals surface area contributed by atoms with E-state index in [-0.39, 0.29) is 5.75 Å². The van der Waals surface area contributed by atoms with Crippen LogP contribution in [0.1, 0.15) is 5.82 Å². The number of H-pyrrole nitrogens is 1. The lowest BCUT2D eigenvalue weighted by Gasteiger charge is -2.07. The van der Waals surface area contributed by atoms with Gasteiger partial charge in [0.05, 0.1) is 11.9 Å². The van der Waals surface area contributed by atoms with E-state index in [9.17, 15) is 8.78 Å². The van der Waals surface area contributed by atoms with Gasteiger partial charge in [0.15, 0.2) is 11.6 Å². The molecule has 0 saturated heterocycles. The van der Waals surface area contributed by atoms with Crippen molar-refractivity contribution >= 4 is 0 Å². The van der Waals surface area contributed by atoms with Crippen molar-refractivity contribution in [1.82, 2.24) is 9.97 Å². The maximum Gasteiger partial charge on any atom is 0.168 e. The minimum atomic E-state index is -0.733. The molecule has 0 aliphatic heterocycles. The van der Waals surface area contributed by atoms with Crippen molar-refractivity contribution in [1.29, 1.82) is 0 Å². The van der Waals surface area contributed by atoms with Crippen LogP contribution in [0.25, 0.3) is 11.3 Å². The van der Waals surface area contributed by atoms with Crippen LogP contribution in [-0.2, 0) is 0 Å². The third kappa shape index (κ3) is 2.91. The first-order valence-corrected chi connectivity index (χ1v) is 6.37. The summed E-state index contributed by atoms with van der Waals surface area (Å²) >= 11 is 0. The van der Waals surface area contributed by atoms with Crippen molar-refractivity contribution in [2.24, 2.45) is 0 Å². The Bertz CT molecular complexity index is 766. The second-order valence-electron chi connectivity index (χ2n) is 4.58. The van der Waals surface area contributed by atoms with Gasteiger partial charge in [0.25, 0.3) is 0 Å². The SMILES string of the molecule is Cc1ncc(-c2ccc(Oc3ccc(F)cc3F)cc2)[nH]1. The Morgan fingerprint density at radius 3 is 2.43 bits per heavy atom. The number of nitrogens with one attached hydrogen (secondary N) is 1. The molecule has 1 N–H and O–H groups in total. The molecule has 3 nitrogen and oxygen atoms in total. The van der Waals surface area contributed by atoms with E-state index in [4.69, 9.17) is 4.74 Å². The smallest absolute Gasteiger partial charge is 0.168 e. The lowest BCUT2D eigenvalue weighted by Crippen LogP contribution is -1.89. The Kier molecular flexibility index (Phi) is 3.39. The predicted octanol–water partition coefficient (Wildman–Crippen LogP) is 4.46. The fourth-order valence-corrected chi connectivity index (χ4v) is 1.96. The monoisotopic (exact) mass is 286 g/mol. The molecular weight excluding hydrogens is 274 g/mol. The molecule has 0 atom stereocenters. The van der Waals surface area contributed by atoms with Crippen LogP contribution >= 0.6 is 0 Å². The van der Waals surface area contributed by atoms with Crippen LogP contribution in [-0.4, -0.2) is 9.97 Å². The second kappa shape index (κ2) is 5.36. The number of ether oxygens (including phenoxy) is 1. The van der Waals surface area contributed by atoms with E-state index < -0.39 is 11.6 Å². The number of halogens is 2. The van der Waals surface area contributed by atoms with Gasteiger partial charge in [-0.3, -0.25) is 0 Å². The fourth-order valence-electron chi connectivity index (χ4n) is 1.96. The van der Waals surface area contributed by atoms with Gasteiger partial charge >= 0.3 is 0 Å². The maximum atomic E-state index is 13.5. The molecule has 0 radical (unpaired) electrons. The molecule has 1 aromatic heterocycles. The van der Waals surface area contributed by atoms with E-state index >= 15 is 0 Å². The predicted molar refractivity (Wildman–Crippen MR) is 75.2 cm³/mol. The summed E-state index contributed by atoms with van der Waals surface area (Å²) in [4.78, 5) is 7.25. The third-order valence-corrected chi connectivity index (χ3v) is 2.99. The van der Waals surface area contributed by atoms with Crippen molar-refractivity contribution in [3.8, 4) is 22.8 Å². The molecular formula is C16H12F2N2O. The number of aryl methyl sites for hydroxylation is 1. The molecule has 0 bridgehead atoms. The van der Waals surface area contributed by atoms with Gasteiger partial charge in [-0.05, 0) is 48.9 Å². The van der Waals surface area contributed by atoms with Gasteiger partial charge in [-0.25, -0.2) is 13.8 Å². The molecule has 106 valence electrons. The van der Waals surface area contributed by atoms with Crippen molar-refractivity contribution in [2.75, 3.05) is 0 Å². The Morgan fingerprint density at radius 2 is 1.81 bits per heavy atom. The lowest BCUT2D eigenvalue weighted by molar-refractivity contribution is 0.438. The first-order chi connectivity index (χ1) is 10.1. The molecule has 21 heavy (non-hydrogen) atoms. The number of aromatic amines is 1. The van der Waals surface area contributed by atoms with Crippen LogP contribution in [0.2, 0.25) is 0 Å². The van der Waals surface area contributed by atoms with Crippen LogP contribution < -0.4 is 4.74 Å². The topological polar surface area (TPSA) is 37.9 Å². The zero-order valence-electron chi connectivity index (χ0n) is 11.2. The molecule has 3 rings (SSSR count). The average Bonchev–Trinajstić information content (AvgIpc) is 2.89. The van der Waals surface area contributed by atoms with Crippen LogP contribution in [0.15, 0.2) is 48.7 Å². The van der Waals surface area contributed by atoms with Gasteiger partial charge in [-0.1, -0.05) is 0 Å². The molecule has 0 fully saturated rings. The summed E-state index contributed by atoms with van der Waals surface area (Å²) in [6.45, 7) is 1.87. The van der Waals surface area contributed by atoms with Crippen LogP contribution in [0.5, 0.6) is 11.5 Å². The van der Waals surface area contributed by atoms with E-state index in [0.717, 1.165) is 29.2 Å². The number of aromatic nitrogens is 2. The highest BCUT2D eigenvalue weighted by atomic mass is 19.1. The van der Waals surface area contributed by atoms with Crippen molar-refractivity contribution in [2.45, 2.75) is 6.92 Å². The Hall–Kier alpha value is -2.69. The quantitative estimate of drug-likeness (QED) is 0.772. The normalized spacial score (nSPS) is 10.6. The standard InChI is InChI=1S/C16H12F2N2O/c1-10-19-9-15(20-10)11-2-5-13(6-3-11)21-16-7-4-12(17)8-14(16)18/h2-9H,1H3,(H,19,20). The Labute approximate surface area is 120 Å². The van der Waals surface area contributed by atoms with E-state index in [1.165, 1.54) is 6.07 Å². The minimum Gasteiger partial charge on any atom is -0.454 e. The van der Waals surface area contributed by atoms with Crippen LogP contribution in [0, 0.1) is 18.6 Å². The highest BCUT2D eigenvalue weighted by molar-refractivity contribution is 5.59. The summed E-state index contributed by atoms with van der Waals surface area (Å²) in [6.07, 6.45) is 1.74. The number of benzene rings is 2. The molecule has 5 heteroatoms. The van der Waals surface area contributed by atoms with Crippen LogP contribution in [0.4, 0.5) is 8.78 Å². The van der Waals surface area contributed by atoms with E-state index in [0.29, 0.717) is 5.75 Å². The fraction of sp³-hybridized carbons (Fsp3) is 0.0625. The first kappa shape index (κ1) is 13.3. The number of hydrogen-bond acceptors (Lipinski definition) is 2. The van der Waals surface area contributed by atoms with Gasteiger partial charge in [0.2, 0.25) is 0 Å². The summed E-state index contributed by atoms with van der Waals surface area (Å²) in [5.74, 6) is -0.0752. The largest absolute Gasteiger partial charge is 0.454 e. The molecule has 0 unspecified atom stereocenters. The number of nitrogens with zero attached hydrogens (tertiary/aromatic N) is 1. The van der Waals surface area contributed by atoms with Gasteiger partial charge in [0, 0.05) is 6.07 Å². The molecule has 0 aliphatic rings. The Morgan fingerprint density at radius 1 is 1.05 bits per heavy atom. The molecule has 0 saturated carbocycles. The molecule has 3 aromatic rings. The zero-order valence-corrected chi connectivity index (χ0v) is 11.2. The maximum absolute atomic E-state index is 13.5.